The lowest BCUT2D eigenvalue weighted by molar-refractivity contribution is -0.139. The first-order chi connectivity index (χ1) is 24.5. The van der Waals surface area contributed by atoms with Crippen LogP contribution >= 0.6 is 0 Å². The van der Waals surface area contributed by atoms with E-state index in [9.17, 15) is 47.5 Å². The molecule has 0 saturated heterocycles. The average molecular weight is 731 g/mol. The van der Waals surface area contributed by atoms with Gasteiger partial charge in [-0.3, -0.25) is 43.2 Å². The lowest BCUT2D eigenvalue weighted by atomic mass is 9.89. The molecule has 0 saturated carbocycles. The fourth-order valence-electron chi connectivity index (χ4n) is 5.41. The molecule has 2 aromatic rings. The zero-order valence-electron chi connectivity index (χ0n) is 28.6. The second-order valence-corrected chi connectivity index (χ2v) is 12.5. The molecule has 17 heteroatoms. The lowest BCUT2D eigenvalue weighted by Crippen LogP contribution is -2.47. The summed E-state index contributed by atoms with van der Waals surface area (Å²) >= 11 is 0. The molecule has 0 aliphatic rings. The molecule has 0 aliphatic carbocycles. The fourth-order valence-corrected chi connectivity index (χ4v) is 5.41. The van der Waals surface area contributed by atoms with Crippen molar-refractivity contribution in [3.8, 4) is 0 Å². The maximum absolute atomic E-state index is 14.1. The number of H-pyrrole nitrogens is 1. The predicted octanol–water partition coefficient (Wildman–Crippen LogP) is 1.84. The predicted molar refractivity (Wildman–Crippen MR) is 178 cm³/mol. The van der Waals surface area contributed by atoms with E-state index in [4.69, 9.17) is 15.3 Å². The van der Waals surface area contributed by atoms with E-state index in [1.165, 1.54) is 37.6 Å². The standard InChI is InChI=1S/C35H43FN4O12/c1-20(41)22(5-8-31(45)46)15-30(44)29(16-26-17-37-19-39-26)40-35(52)24(11-21-3-2-4-25(36)12-21)14-28(43)18-38-34(51)23(6-9-32(47)48)13-27(42)7-10-33(49)50/h2-4,12,17,19,22-24,29H,5-11,13-16,18H2,1H3,(H,37,39)(H,38,51)(H,40,52)(H,45,46)(H,47,48)(H,49,50)/t22-,23-,24-,29+/m1/s1. The van der Waals surface area contributed by atoms with Crippen LogP contribution in [-0.4, -0.2) is 90.7 Å². The van der Waals surface area contributed by atoms with Gasteiger partial charge in [-0.05, 0) is 43.9 Å². The molecule has 0 aliphatic heterocycles. The van der Waals surface area contributed by atoms with E-state index in [1.807, 2.05) is 0 Å². The summed E-state index contributed by atoms with van der Waals surface area (Å²) in [6.45, 7) is 0.604. The smallest absolute Gasteiger partial charge is 0.303 e. The van der Waals surface area contributed by atoms with Crippen molar-refractivity contribution in [1.82, 2.24) is 20.6 Å². The molecule has 1 heterocycles. The molecule has 0 bridgehead atoms. The van der Waals surface area contributed by atoms with E-state index in [0.717, 1.165) is 6.07 Å². The number of ketones is 4. The normalized spacial score (nSPS) is 13.2. The lowest BCUT2D eigenvalue weighted by Gasteiger charge is -2.23. The number of benzene rings is 1. The number of aliphatic carboxylic acids is 3. The first-order valence-electron chi connectivity index (χ1n) is 16.6. The average Bonchev–Trinajstić information content (AvgIpc) is 3.58. The Kier molecular flexibility index (Phi) is 17.7. The van der Waals surface area contributed by atoms with Crippen LogP contribution in [0, 0.1) is 23.6 Å². The second-order valence-electron chi connectivity index (χ2n) is 12.5. The number of nitrogens with zero attached hydrogens (tertiary/aromatic N) is 1. The van der Waals surface area contributed by atoms with Crippen LogP contribution in [0.4, 0.5) is 4.39 Å². The number of carboxylic acids is 3. The van der Waals surface area contributed by atoms with E-state index in [-0.39, 0.29) is 44.9 Å². The quantitative estimate of drug-likeness (QED) is 0.0808. The van der Waals surface area contributed by atoms with Gasteiger partial charge in [-0.2, -0.15) is 0 Å². The first kappa shape index (κ1) is 42.6. The highest BCUT2D eigenvalue weighted by molar-refractivity contribution is 5.95. The summed E-state index contributed by atoms with van der Waals surface area (Å²) in [4.78, 5) is 118. The molecular formula is C35H43FN4O12. The van der Waals surface area contributed by atoms with Crippen LogP contribution in [0.1, 0.15) is 76.0 Å². The molecule has 0 unspecified atom stereocenters. The van der Waals surface area contributed by atoms with Crippen LogP contribution in [0.5, 0.6) is 0 Å². The second kappa shape index (κ2) is 21.6. The van der Waals surface area contributed by atoms with E-state index in [0.29, 0.717) is 11.3 Å². The number of carbonyl (C=O) groups is 9. The third kappa shape index (κ3) is 16.4. The number of imidazole rings is 1. The summed E-state index contributed by atoms with van der Waals surface area (Å²) in [5.41, 5.74) is 0.787. The molecule has 16 nitrogen and oxygen atoms in total. The van der Waals surface area contributed by atoms with Crippen molar-refractivity contribution in [1.29, 1.82) is 0 Å². The van der Waals surface area contributed by atoms with Crippen molar-refractivity contribution in [2.45, 2.75) is 83.6 Å². The van der Waals surface area contributed by atoms with Crippen LogP contribution in [-0.2, 0) is 56.0 Å². The largest absolute Gasteiger partial charge is 0.481 e. The molecule has 1 aromatic carbocycles. The monoisotopic (exact) mass is 730 g/mol. The molecule has 52 heavy (non-hydrogen) atoms. The number of carboxylic acid groups (broad SMARTS) is 3. The minimum Gasteiger partial charge on any atom is -0.481 e. The molecule has 6 N–H and O–H groups in total. The Morgan fingerprint density at radius 2 is 1.40 bits per heavy atom. The highest BCUT2D eigenvalue weighted by Gasteiger charge is 2.31. The summed E-state index contributed by atoms with van der Waals surface area (Å²) in [5, 5.41) is 31.9. The van der Waals surface area contributed by atoms with Crippen molar-refractivity contribution in [2.75, 3.05) is 6.54 Å². The number of Topliss-reactive ketones (excluding diaryl/α,β-unsaturated/α-hetero) is 4. The van der Waals surface area contributed by atoms with E-state index in [1.54, 1.807) is 0 Å². The number of aromatic amines is 1. The minimum atomic E-state index is -1.24. The van der Waals surface area contributed by atoms with Gasteiger partial charge in [0.05, 0.1) is 25.3 Å². The molecule has 0 radical (unpaired) electrons. The van der Waals surface area contributed by atoms with E-state index in [2.05, 4.69) is 20.6 Å². The zero-order chi connectivity index (χ0) is 38.8. The van der Waals surface area contributed by atoms with Crippen molar-refractivity contribution in [2.24, 2.45) is 17.8 Å². The maximum atomic E-state index is 14.1. The third-order valence-electron chi connectivity index (χ3n) is 8.26. The van der Waals surface area contributed by atoms with Crippen LogP contribution in [0.15, 0.2) is 36.8 Å². The molecule has 0 spiro atoms. The van der Waals surface area contributed by atoms with Gasteiger partial charge in [0.1, 0.15) is 17.4 Å². The van der Waals surface area contributed by atoms with Gasteiger partial charge < -0.3 is 30.9 Å². The number of aromatic nitrogens is 2. The zero-order valence-corrected chi connectivity index (χ0v) is 28.6. The molecule has 0 fully saturated rings. The highest BCUT2D eigenvalue weighted by Crippen LogP contribution is 2.19. The van der Waals surface area contributed by atoms with Gasteiger partial charge in [0, 0.05) is 74.6 Å². The molecular weight excluding hydrogens is 687 g/mol. The van der Waals surface area contributed by atoms with Gasteiger partial charge in [-0.15, -0.1) is 0 Å². The van der Waals surface area contributed by atoms with Gasteiger partial charge in [0.15, 0.2) is 11.6 Å². The Balaban J connectivity index is 2.25. The van der Waals surface area contributed by atoms with Crippen LogP contribution in [0.25, 0.3) is 0 Å². The van der Waals surface area contributed by atoms with Crippen molar-refractivity contribution in [3.05, 3.63) is 53.9 Å². The maximum Gasteiger partial charge on any atom is 0.303 e. The molecule has 1 aromatic heterocycles. The molecule has 2 rings (SSSR count). The van der Waals surface area contributed by atoms with Gasteiger partial charge in [-0.25, -0.2) is 9.37 Å². The SMILES string of the molecule is CC(=O)[C@H](CCC(=O)O)CC(=O)[C@H](Cc1cnc[nH]1)NC(=O)[C@@H](CC(=O)CNC(=O)[C@H](CCC(=O)O)CC(=O)CCC(=O)O)Cc1cccc(F)c1. The van der Waals surface area contributed by atoms with Crippen LogP contribution in [0.2, 0.25) is 0 Å². The minimum absolute atomic E-state index is 0.0895. The molecule has 4 atom stereocenters. The van der Waals surface area contributed by atoms with Gasteiger partial charge in [0.25, 0.3) is 0 Å². The summed E-state index contributed by atoms with van der Waals surface area (Å²) in [7, 11) is 0. The summed E-state index contributed by atoms with van der Waals surface area (Å²) in [5.74, 6) is -11.4. The van der Waals surface area contributed by atoms with Gasteiger partial charge in [0.2, 0.25) is 11.8 Å². The van der Waals surface area contributed by atoms with Gasteiger partial charge >= 0.3 is 17.9 Å². The highest BCUT2D eigenvalue weighted by atomic mass is 19.1. The van der Waals surface area contributed by atoms with Crippen LogP contribution < -0.4 is 10.6 Å². The number of rotatable bonds is 26. The number of hydrogen-bond donors (Lipinski definition) is 6. The summed E-state index contributed by atoms with van der Waals surface area (Å²) < 4.78 is 14.1. The Hall–Kier alpha value is -5.61. The van der Waals surface area contributed by atoms with Gasteiger partial charge in [-0.1, -0.05) is 12.1 Å². The Morgan fingerprint density at radius 1 is 0.769 bits per heavy atom. The van der Waals surface area contributed by atoms with Crippen molar-refractivity contribution in [3.63, 3.8) is 0 Å². The fraction of sp³-hybridized carbons (Fsp3) is 0.486. The number of nitrogens with one attached hydrogen (secondary N) is 3. The molecule has 282 valence electrons. The topological polar surface area (TPSA) is 267 Å². The number of hydrogen-bond acceptors (Lipinski definition) is 10. The van der Waals surface area contributed by atoms with Crippen molar-refractivity contribution < 1.29 is 62.9 Å². The molecule has 2 amide bonds. The number of amides is 2. The Morgan fingerprint density at radius 3 is 1.98 bits per heavy atom. The Labute approximate surface area is 298 Å². The number of carbonyl (C=O) groups excluding carboxylic acids is 6. The summed E-state index contributed by atoms with van der Waals surface area (Å²) in [6, 6.07) is 4.03. The van der Waals surface area contributed by atoms with E-state index < -0.39 is 115 Å². The number of halogens is 1. The van der Waals surface area contributed by atoms with E-state index >= 15 is 0 Å². The summed E-state index contributed by atoms with van der Waals surface area (Å²) in [6.07, 6.45) is -0.844. The van der Waals surface area contributed by atoms with Crippen LogP contribution in [0.3, 0.4) is 0 Å². The van der Waals surface area contributed by atoms with Crippen molar-refractivity contribution >= 4 is 52.9 Å². The Bertz CT molecular complexity index is 1610. The third-order valence-corrected chi connectivity index (χ3v) is 8.26. The first-order valence-corrected chi connectivity index (χ1v) is 16.6.